The van der Waals surface area contributed by atoms with E-state index < -0.39 is 0 Å². The maximum Gasteiger partial charge on any atom is 0.151 e. The van der Waals surface area contributed by atoms with Crippen LogP contribution in [0.5, 0.6) is 0 Å². The molecule has 1 aliphatic rings. The molecule has 0 unspecified atom stereocenters. The topological polar surface area (TPSA) is 46.8 Å². The minimum Gasteiger partial charge on any atom is -0.349 e. The minimum absolute atomic E-state index is 0.254. The Labute approximate surface area is 174 Å². The predicted octanol–water partition coefficient (Wildman–Crippen LogP) is 4.28. The second kappa shape index (κ2) is 8.06. The third-order valence-electron chi connectivity index (χ3n) is 5.59. The second-order valence-electron chi connectivity index (χ2n) is 7.52. The highest BCUT2D eigenvalue weighted by Crippen LogP contribution is 2.24. The number of benzene rings is 2. The molecule has 0 spiro atoms. The van der Waals surface area contributed by atoms with Crippen LogP contribution >= 0.6 is 0 Å². The fraction of sp³-hybridized carbons (Fsp3) is 0.208. The van der Waals surface area contributed by atoms with Crippen molar-refractivity contribution in [3.63, 3.8) is 0 Å². The highest BCUT2D eigenvalue weighted by atomic mass is 19.1. The van der Waals surface area contributed by atoms with Gasteiger partial charge in [-0.3, -0.25) is 0 Å². The Balaban J connectivity index is 1.27. The van der Waals surface area contributed by atoms with Crippen LogP contribution in [-0.2, 0) is 25.9 Å². The van der Waals surface area contributed by atoms with Crippen LogP contribution in [0.3, 0.4) is 0 Å². The maximum absolute atomic E-state index is 13.1. The van der Waals surface area contributed by atoms with E-state index in [2.05, 4.69) is 48.9 Å². The lowest BCUT2D eigenvalue weighted by molar-refractivity contribution is 0.621. The monoisotopic (exact) mass is 399 g/mol. The standard InChI is InChI=1S/C24H22FN5/c25-20-8-6-19(7-9-20)21-10-11-24(28-27-21)29-15-13-23-22(16-29)26-17-30(23)14-12-18-4-2-1-3-5-18/h1-11,17H,12-16H2. The lowest BCUT2D eigenvalue weighted by Crippen LogP contribution is -2.32. The van der Waals surface area contributed by atoms with Crippen LogP contribution in [0, 0.1) is 5.82 Å². The van der Waals surface area contributed by atoms with Gasteiger partial charge in [-0.2, -0.15) is 0 Å². The average Bonchev–Trinajstić information content (AvgIpc) is 3.21. The van der Waals surface area contributed by atoms with E-state index in [-0.39, 0.29) is 5.82 Å². The van der Waals surface area contributed by atoms with Gasteiger partial charge < -0.3 is 9.47 Å². The molecule has 0 amide bonds. The zero-order valence-electron chi connectivity index (χ0n) is 16.6. The summed E-state index contributed by atoms with van der Waals surface area (Å²) in [4.78, 5) is 6.86. The van der Waals surface area contributed by atoms with Crippen molar-refractivity contribution >= 4 is 5.82 Å². The molecule has 6 heteroatoms. The summed E-state index contributed by atoms with van der Waals surface area (Å²) >= 11 is 0. The van der Waals surface area contributed by atoms with E-state index in [1.807, 2.05) is 24.5 Å². The molecule has 0 fully saturated rings. The number of aromatic nitrogens is 4. The number of hydrogen-bond acceptors (Lipinski definition) is 4. The Morgan fingerprint density at radius 2 is 1.73 bits per heavy atom. The van der Waals surface area contributed by atoms with Gasteiger partial charge in [-0.15, -0.1) is 10.2 Å². The lowest BCUT2D eigenvalue weighted by Gasteiger charge is -2.27. The lowest BCUT2D eigenvalue weighted by atomic mass is 10.1. The summed E-state index contributed by atoms with van der Waals surface area (Å²) in [5, 5.41) is 8.74. The minimum atomic E-state index is -0.254. The molecular weight excluding hydrogens is 377 g/mol. The molecule has 1 aliphatic heterocycles. The third-order valence-corrected chi connectivity index (χ3v) is 5.59. The Hall–Kier alpha value is -3.54. The molecule has 0 saturated heterocycles. The summed E-state index contributed by atoms with van der Waals surface area (Å²) < 4.78 is 15.4. The first kappa shape index (κ1) is 18.5. The molecule has 30 heavy (non-hydrogen) atoms. The normalized spacial score (nSPS) is 13.3. The van der Waals surface area contributed by atoms with E-state index in [1.165, 1.54) is 23.4 Å². The fourth-order valence-electron chi connectivity index (χ4n) is 3.92. The van der Waals surface area contributed by atoms with Crippen LogP contribution in [0.1, 0.15) is 17.0 Å². The van der Waals surface area contributed by atoms with Gasteiger partial charge in [-0.1, -0.05) is 30.3 Å². The predicted molar refractivity (Wildman–Crippen MR) is 115 cm³/mol. The molecule has 0 N–H and O–H groups in total. The molecule has 0 radical (unpaired) electrons. The van der Waals surface area contributed by atoms with Crippen LogP contribution in [0.4, 0.5) is 10.2 Å². The molecule has 2 aromatic carbocycles. The molecule has 0 saturated carbocycles. The van der Waals surface area contributed by atoms with Gasteiger partial charge in [0.2, 0.25) is 0 Å². The van der Waals surface area contributed by atoms with Gasteiger partial charge in [0.1, 0.15) is 5.82 Å². The molecule has 150 valence electrons. The van der Waals surface area contributed by atoms with Crippen molar-refractivity contribution in [1.82, 2.24) is 19.7 Å². The number of fused-ring (bicyclic) bond motifs is 1. The molecule has 2 aromatic heterocycles. The van der Waals surface area contributed by atoms with Gasteiger partial charge in [0.25, 0.3) is 0 Å². The van der Waals surface area contributed by atoms with E-state index >= 15 is 0 Å². The number of aryl methyl sites for hydroxylation is 2. The second-order valence-corrected chi connectivity index (χ2v) is 7.52. The van der Waals surface area contributed by atoms with Gasteiger partial charge in [-0.25, -0.2) is 9.37 Å². The molecule has 3 heterocycles. The Morgan fingerprint density at radius 1 is 0.900 bits per heavy atom. The molecule has 0 atom stereocenters. The van der Waals surface area contributed by atoms with Crippen LogP contribution in [0.25, 0.3) is 11.3 Å². The number of rotatable bonds is 5. The largest absolute Gasteiger partial charge is 0.349 e. The van der Waals surface area contributed by atoms with E-state index in [4.69, 9.17) is 0 Å². The smallest absolute Gasteiger partial charge is 0.151 e. The van der Waals surface area contributed by atoms with Crippen molar-refractivity contribution in [2.24, 2.45) is 0 Å². The highest BCUT2D eigenvalue weighted by Gasteiger charge is 2.22. The van der Waals surface area contributed by atoms with Gasteiger partial charge in [0.15, 0.2) is 5.82 Å². The molecular formula is C24H22FN5. The molecule has 5 nitrogen and oxygen atoms in total. The first-order chi connectivity index (χ1) is 14.8. The summed E-state index contributed by atoms with van der Waals surface area (Å²) in [6, 6.07) is 20.8. The van der Waals surface area contributed by atoms with Crippen LogP contribution in [0.15, 0.2) is 73.1 Å². The Kier molecular flexibility index (Phi) is 4.97. The quantitative estimate of drug-likeness (QED) is 0.502. The van der Waals surface area contributed by atoms with E-state index in [0.717, 1.165) is 55.2 Å². The Bertz CT molecular complexity index is 1120. The van der Waals surface area contributed by atoms with Crippen molar-refractivity contribution in [1.29, 1.82) is 0 Å². The summed E-state index contributed by atoms with van der Waals surface area (Å²) in [7, 11) is 0. The third kappa shape index (κ3) is 3.81. The number of imidazole rings is 1. The summed E-state index contributed by atoms with van der Waals surface area (Å²) in [5.41, 5.74) is 5.36. The van der Waals surface area contributed by atoms with Gasteiger partial charge in [-0.05, 0) is 48.4 Å². The Morgan fingerprint density at radius 3 is 2.50 bits per heavy atom. The number of halogens is 1. The fourth-order valence-corrected chi connectivity index (χ4v) is 3.92. The molecule has 4 aromatic rings. The van der Waals surface area contributed by atoms with Gasteiger partial charge in [0, 0.05) is 30.8 Å². The number of hydrogen-bond donors (Lipinski definition) is 0. The number of nitrogens with zero attached hydrogens (tertiary/aromatic N) is 5. The van der Waals surface area contributed by atoms with Crippen molar-refractivity contribution in [3.8, 4) is 11.3 Å². The first-order valence-electron chi connectivity index (χ1n) is 10.2. The van der Waals surface area contributed by atoms with E-state index in [9.17, 15) is 4.39 Å². The van der Waals surface area contributed by atoms with E-state index in [0.29, 0.717) is 0 Å². The summed E-state index contributed by atoms with van der Waals surface area (Å²) in [6.07, 6.45) is 3.90. The maximum atomic E-state index is 13.1. The van der Waals surface area contributed by atoms with Crippen molar-refractivity contribution in [3.05, 3.63) is 95.8 Å². The molecule has 5 rings (SSSR count). The van der Waals surface area contributed by atoms with Gasteiger partial charge in [0.05, 0.1) is 24.3 Å². The summed E-state index contributed by atoms with van der Waals surface area (Å²) in [5.74, 6) is 0.584. The molecule has 0 bridgehead atoms. The zero-order valence-corrected chi connectivity index (χ0v) is 16.6. The zero-order chi connectivity index (χ0) is 20.3. The SMILES string of the molecule is Fc1ccc(-c2ccc(N3CCc4c(ncn4CCc4ccccc4)C3)nn2)cc1. The first-order valence-corrected chi connectivity index (χ1v) is 10.2. The van der Waals surface area contributed by atoms with Gasteiger partial charge >= 0.3 is 0 Å². The summed E-state index contributed by atoms with van der Waals surface area (Å²) in [6.45, 7) is 2.56. The average molecular weight is 399 g/mol. The van der Waals surface area contributed by atoms with E-state index in [1.54, 1.807) is 12.1 Å². The highest BCUT2D eigenvalue weighted by molar-refractivity contribution is 5.59. The molecule has 0 aliphatic carbocycles. The van der Waals surface area contributed by atoms with Crippen LogP contribution in [0.2, 0.25) is 0 Å². The van der Waals surface area contributed by atoms with Crippen LogP contribution in [-0.4, -0.2) is 26.3 Å². The van der Waals surface area contributed by atoms with Crippen molar-refractivity contribution < 1.29 is 4.39 Å². The number of anilines is 1. The van der Waals surface area contributed by atoms with Crippen LogP contribution < -0.4 is 4.90 Å². The van der Waals surface area contributed by atoms with Crippen molar-refractivity contribution in [2.45, 2.75) is 25.9 Å². The van der Waals surface area contributed by atoms with Crippen molar-refractivity contribution in [2.75, 3.05) is 11.4 Å².